The molecule has 4 heteroatoms. The smallest absolute Gasteiger partial charge is 0.164 e. The molecular formula is C18H42O2Si2. The van der Waals surface area contributed by atoms with Crippen LogP contribution < -0.4 is 0 Å². The summed E-state index contributed by atoms with van der Waals surface area (Å²) in [6.07, 6.45) is 15.0. The average molecular weight is 347 g/mol. The lowest BCUT2D eigenvalue weighted by atomic mass is 10.1. The van der Waals surface area contributed by atoms with E-state index in [1.807, 2.05) is 0 Å². The largest absolute Gasteiger partial charge is 0.422 e. The lowest BCUT2D eigenvalue weighted by Crippen LogP contribution is -2.22. The summed E-state index contributed by atoms with van der Waals surface area (Å²) in [5.41, 5.74) is 0. The first-order valence-electron chi connectivity index (χ1n) is 9.79. The summed E-state index contributed by atoms with van der Waals surface area (Å²) in [5, 5.41) is 0.842. The van der Waals surface area contributed by atoms with Gasteiger partial charge in [-0.3, -0.25) is 0 Å². The Labute approximate surface area is 145 Å². The molecule has 22 heavy (non-hydrogen) atoms. The van der Waals surface area contributed by atoms with Gasteiger partial charge in [-0.15, -0.1) is 0 Å². The van der Waals surface area contributed by atoms with Crippen molar-refractivity contribution in [1.82, 2.24) is 0 Å². The van der Waals surface area contributed by atoms with Gasteiger partial charge in [-0.25, -0.2) is 0 Å². The van der Waals surface area contributed by atoms with E-state index in [2.05, 4.69) is 34.6 Å². The monoisotopic (exact) mass is 346 g/mol. The van der Waals surface area contributed by atoms with Crippen LogP contribution in [0.5, 0.6) is 0 Å². The normalized spacial score (nSPS) is 14.3. The molecule has 2 nitrogen and oxygen atoms in total. The van der Waals surface area contributed by atoms with Gasteiger partial charge < -0.3 is 8.85 Å². The first-order valence-corrected chi connectivity index (χ1v) is 12.6. The first-order chi connectivity index (χ1) is 10.6. The molecule has 0 radical (unpaired) electrons. The van der Waals surface area contributed by atoms with Crippen LogP contribution in [-0.2, 0) is 8.85 Å². The highest BCUT2D eigenvalue weighted by molar-refractivity contribution is 6.51. The van der Waals surface area contributed by atoms with Gasteiger partial charge in [-0.1, -0.05) is 71.1 Å². The average Bonchev–Trinajstić information content (AvgIpc) is 2.47. The van der Waals surface area contributed by atoms with Crippen molar-refractivity contribution in [3.63, 3.8) is 0 Å². The summed E-state index contributed by atoms with van der Waals surface area (Å²) in [5.74, 6) is 0. The minimum Gasteiger partial charge on any atom is -0.422 e. The van der Waals surface area contributed by atoms with Crippen LogP contribution in [0.3, 0.4) is 0 Å². The molecule has 0 N–H and O–H groups in total. The summed E-state index contributed by atoms with van der Waals surface area (Å²) >= 11 is 0. The van der Waals surface area contributed by atoms with Crippen LogP contribution in [0.25, 0.3) is 0 Å². The predicted octanol–water partition coefficient (Wildman–Crippen LogP) is 4.67. The molecule has 0 aromatic carbocycles. The van der Waals surface area contributed by atoms with Crippen LogP contribution in [0.2, 0.25) is 5.16 Å². The van der Waals surface area contributed by atoms with E-state index in [0.29, 0.717) is 12.2 Å². The molecule has 0 saturated heterocycles. The van der Waals surface area contributed by atoms with Crippen LogP contribution in [-0.4, -0.2) is 31.7 Å². The van der Waals surface area contributed by atoms with Gasteiger partial charge in [0, 0.05) is 12.2 Å². The van der Waals surface area contributed by atoms with Crippen molar-refractivity contribution in [2.75, 3.05) is 0 Å². The van der Waals surface area contributed by atoms with E-state index in [-0.39, 0.29) is 19.5 Å². The second-order valence-corrected chi connectivity index (χ2v) is 12.0. The van der Waals surface area contributed by atoms with E-state index in [1.54, 1.807) is 0 Å². The van der Waals surface area contributed by atoms with Crippen LogP contribution in [0.1, 0.15) is 98.8 Å². The second-order valence-electron chi connectivity index (χ2n) is 7.25. The summed E-state index contributed by atoms with van der Waals surface area (Å²) < 4.78 is 11.9. The standard InChI is InChI=1S/C18H42O2Si2/c1-6-7-8-9-10-11-12-13-14-15-18(21-19-16(2)3)22-20-17(4)5/h16-18H,6-15,21-22H2,1-5H3. The zero-order valence-corrected chi connectivity index (χ0v) is 18.9. The fourth-order valence-electron chi connectivity index (χ4n) is 2.62. The quantitative estimate of drug-likeness (QED) is 0.299. The lowest BCUT2D eigenvalue weighted by Gasteiger charge is -2.19. The molecule has 0 rings (SSSR count). The molecule has 0 aliphatic heterocycles. The van der Waals surface area contributed by atoms with Gasteiger partial charge in [0.2, 0.25) is 0 Å². The van der Waals surface area contributed by atoms with Gasteiger partial charge in [0.05, 0.1) is 0 Å². The van der Waals surface area contributed by atoms with Gasteiger partial charge in [0.1, 0.15) is 0 Å². The molecule has 0 atom stereocenters. The molecule has 0 aromatic rings. The first kappa shape index (κ1) is 22.4. The Bertz CT molecular complexity index is 211. The van der Waals surface area contributed by atoms with Crippen LogP contribution in [0.15, 0.2) is 0 Å². The highest BCUT2D eigenvalue weighted by Crippen LogP contribution is 2.17. The van der Waals surface area contributed by atoms with E-state index in [0.717, 1.165) is 5.16 Å². The molecule has 134 valence electrons. The minimum absolute atomic E-state index is 0.382. The second kappa shape index (κ2) is 16.2. The van der Waals surface area contributed by atoms with Gasteiger partial charge in [0.25, 0.3) is 0 Å². The third-order valence-electron chi connectivity index (χ3n) is 4.05. The maximum atomic E-state index is 5.96. The molecule has 0 aromatic heterocycles. The topological polar surface area (TPSA) is 18.5 Å². The Balaban J connectivity index is 3.60. The Morgan fingerprint density at radius 1 is 0.636 bits per heavy atom. The van der Waals surface area contributed by atoms with E-state index in [9.17, 15) is 0 Å². The van der Waals surface area contributed by atoms with E-state index >= 15 is 0 Å². The van der Waals surface area contributed by atoms with Crippen molar-refractivity contribution >= 4 is 19.5 Å². The number of hydrogen-bond donors (Lipinski definition) is 0. The Morgan fingerprint density at radius 2 is 1.05 bits per heavy atom. The van der Waals surface area contributed by atoms with Crippen LogP contribution in [0.4, 0.5) is 0 Å². The van der Waals surface area contributed by atoms with Gasteiger partial charge in [-0.2, -0.15) is 0 Å². The molecule has 0 saturated carbocycles. The molecule has 0 fully saturated rings. The third-order valence-corrected chi connectivity index (χ3v) is 8.94. The molecular weight excluding hydrogens is 304 g/mol. The zero-order valence-electron chi connectivity index (χ0n) is 16.0. The SMILES string of the molecule is CCCCCCCCCCCC([SiH2]OC(C)C)[SiH2]OC(C)C. The Hall–Kier alpha value is 0.354. The van der Waals surface area contributed by atoms with E-state index < -0.39 is 0 Å². The number of unbranched alkanes of at least 4 members (excludes halogenated alkanes) is 8. The number of hydrogen-bond acceptors (Lipinski definition) is 2. The van der Waals surface area contributed by atoms with Gasteiger partial charge in [0.15, 0.2) is 19.5 Å². The van der Waals surface area contributed by atoms with Crippen LogP contribution >= 0.6 is 0 Å². The maximum absolute atomic E-state index is 5.96. The molecule has 0 aliphatic rings. The Kier molecular flexibility index (Phi) is 16.5. The van der Waals surface area contributed by atoms with Crippen molar-refractivity contribution in [3.8, 4) is 0 Å². The molecule has 0 bridgehead atoms. The third kappa shape index (κ3) is 16.7. The Morgan fingerprint density at radius 3 is 1.45 bits per heavy atom. The van der Waals surface area contributed by atoms with Gasteiger partial charge in [-0.05, 0) is 32.9 Å². The van der Waals surface area contributed by atoms with Crippen molar-refractivity contribution in [2.24, 2.45) is 0 Å². The number of rotatable bonds is 16. The van der Waals surface area contributed by atoms with Crippen molar-refractivity contribution in [1.29, 1.82) is 0 Å². The van der Waals surface area contributed by atoms with E-state index in [4.69, 9.17) is 8.85 Å². The zero-order chi connectivity index (χ0) is 16.6. The summed E-state index contributed by atoms with van der Waals surface area (Å²) in [6, 6.07) is 0. The highest BCUT2D eigenvalue weighted by Gasteiger charge is 2.13. The fourth-order valence-corrected chi connectivity index (χ4v) is 6.04. The molecule has 0 amide bonds. The summed E-state index contributed by atoms with van der Waals surface area (Å²) in [6.45, 7) is 10.9. The van der Waals surface area contributed by atoms with E-state index in [1.165, 1.54) is 64.2 Å². The predicted molar refractivity (Wildman–Crippen MR) is 105 cm³/mol. The van der Waals surface area contributed by atoms with Crippen molar-refractivity contribution in [3.05, 3.63) is 0 Å². The molecule has 0 spiro atoms. The van der Waals surface area contributed by atoms with Gasteiger partial charge >= 0.3 is 0 Å². The van der Waals surface area contributed by atoms with Crippen molar-refractivity contribution < 1.29 is 8.85 Å². The minimum atomic E-state index is -0.382. The summed E-state index contributed by atoms with van der Waals surface area (Å²) in [4.78, 5) is 0. The highest BCUT2D eigenvalue weighted by atomic mass is 28.3. The maximum Gasteiger partial charge on any atom is 0.164 e. The molecule has 0 aliphatic carbocycles. The summed E-state index contributed by atoms with van der Waals surface area (Å²) in [7, 11) is -0.764. The van der Waals surface area contributed by atoms with Crippen LogP contribution in [0, 0.1) is 0 Å². The van der Waals surface area contributed by atoms with Crippen molar-refractivity contribution in [2.45, 2.75) is 116 Å². The fraction of sp³-hybridized carbons (Fsp3) is 1.00. The molecule has 0 unspecified atom stereocenters. The molecule has 0 heterocycles. The lowest BCUT2D eigenvalue weighted by molar-refractivity contribution is 0.240.